The molecule has 126 valence electrons. The number of alkyl halides is 7. The van der Waals surface area contributed by atoms with Gasteiger partial charge in [-0.1, -0.05) is 18.1 Å². The Labute approximate surface area is 132 Å². The summed E-state index contributed by atoms with van der Waals surface area (Å²) in [6.07, 6.45) is -9.40. The third-order valence-electron chi connectivity index (χ3n) is 3.12. The second-order valence-corrected chi connectivity index (χ2v) is 5.27. The molecule has 0 aliphatic carbocycles. The Bertz CT molecular complexity index is 691. The Balaban J connectivity index is 2.56. The van der Waals surface area contributed by atoms with E-state index in [1.54, 1.807) is 6.92 Å². The van der Waals surface area contributed by atoms with Gasteiger partial charge < -0.3 is 4.52 Å². The minimum Gasteiger partial charge on any atom is -0.359 e. The van der Waals surface area contributed by atoms with E-state index in [4.69, 9.17) is 16.1 Å². The summed E-state index contributed by atoms with van der Waals surface area (Å²) in [6, 6.07) is 2.54. The highest BCUT2D eigenvalue weighted by molar-refractivity contribution is 6.20. The monoisotopic (exact) mass is 357 g/mol. The molecule has 0 saturated heterocycles. The second-order valence-electron chi connectivity index (χ2n) is 4.75. The molecule has 0 N–H and O–H groups in total. The molecule has 0 amide bonds. The van der Waals surface area contributed by atoms with Crippen LogP contribution in [0, 0.1) is 0 Å². The van der Waals surface area contributed by atoms with Crippen molar-refractivity contribution in [3.05, 3.63) is 41.2 Å². The summed E-state index contributed by atoms with van der Waals surface area (Å²) in [4.78, 5) is 0. The second kappa shape index (κ2) is 6.07. The van der Waals surface area contributed by atoms with Crippen LogP contribution in [0.25, 0.3) is 11.3 Å². The average molecular weight is 358 g/mol. The first-order valence-corrected chi connectivity index (χ1v) is 6.87. The first-order chi connectivity index (χ1) is 10.5. The van der Waals surface area contributed by atoms with Crippen molar-refractivity contribution < 1.29 is 30.9 Å². The van der Waals surface area contributed by atoms with Crippen LogP contribution in [-0.4, -0.2) is 5.16 Å². The van der Waals surface area contributed by atoms with Crippen LogP contribution in [0.15, 0.2) is 28.8 Å². The minimum atomic E-state index is -4.97. The van der Waals surface area contributed by atoms with E-state index in [2.05, 4.69) is 5.16 Å². The molecule has 0 aliphatic heterocycles. The van der Waals surface area contributed by atoms with Crippen LogP contribution in [0.3, 0.4) is 0 Å². The van der Waals surface area contributed by atoms with Gasteiger partial charge in [-0.2, -0.15) is 26.3 Å². The summed E-state index contributed by atoms with van der Waals surface area (Å²) in [5, 5.41) is 2.90. The van der Waals surface area contributed by atoms with E-state index in [0.717, 1.165) is 6.07 Å². The first kappa shape index (κ1) is 17.7. The normalized spacial score (nSPS) is 14.1. The van der Waals surface area contributed by atoms with Crippen molar-refractivity contribution in [2.24, 2.45) is 0 Å². The minimum absolute atomic E-state index is 0.0572. The molecule has 2 aromatic rings. The number of hydrogen-bond donors (Lipinski definition) is 0. The molecule has 0 spiro atoms. The zero-order valence-electron chi connectivity index (χ0n) is 11.6. The highest BCUT2D eigenvalue weighted by atomic mass is 35.5. The van der Waals surface area contributed by atoms with Crippen LogP contribution in [0.2, 0.25) is 0 Å². The van der Waals surface area contributed by atoms with Gasteiger partial charge in [0.25, 0.3) is 0 Å². The Hall–Kier alpha value is -1.70. The van der Waals surface area contributed by atoms with Crippen LogP contribution >= 0.6 is 11.6 Å². The summed E-state index contributed by atoms with van der Waals surface area (Å²) in [7, 11) is 0. The lowest BCUT2D eigenvalue weighted by Gasteiger charge is -2.14. The van der Waals surface area contributed by atoms with Crippen molar-refractivity contribution in [3.8, 4) is 11.3 Å². The molecular formula is C14H10ClF6NO. The van der Waals surface area contributed by atoms with Crippen LogP contribution in [0.5, 0.6) is 0 Å². The third-order valence-corrected chi connectivity index (χ3v) is 3.65. The van der Waals surface area contributed by atoms with E-state index >= 15 is 0 Å². The van der Waals surface area contributed by atoms with Crippen molar-refractivity contribution in [2.75, 3.05) is 0 Å². The van der Waals surface area contributed by atoms with Crippen molar-refractivity contribution in [3.63, 3.8) is 0 Å². The number of benzene rings is 1. The zero-order chi connectivity index (χ0) is 17.4. The molecular weight excluding hydrogens is 348 g/mol. The molecule has 1 atom stereocenters. The maximum Gasteiger partial charge on any atom is 0.417 e. The molecule has 23 heavy (non-hydrogen) atoms. The first-order valence-electron chi connectivity index (χ1n) is 6.43. The van der Waals surface area contributed by atoms with E-state index in [9.17, 15) is 26.3 Å². The summed E-state index contributed by atoms with van der Waals surface area (Å²) in [6.45, 7) is 1.74. The van der Waals surface area contributed by atoms with Gasteiger partial charge in [0, 0.05) is 11.6 Å². The molecule has 2 rings (SSSR count). The molecule has 0 radical (unpaired) electrons. The maximum atomic E-state index is 13.1. The van der Waals surface area contributed by atoms with Crippen molar-refractivity contribution in [1.29, 1.82) is 0 Å². The van der Waals surface area contributed by atoms with E-state index in [0.29, 0.717) is 12.5 Å². The lowest BCUT2D eigenvalue weighted by molar-refractivity contribution is -0.142. The molecule has 0 bridgehead atoms. The molecule has 1 aromatic carbocycles. The summed E-state index contributed by atoms with van der Waals surface area (Å²) >= 11 is 5.90. The van der Waals surface area contributed by atoms with Gasteiger partial charge in [-0.25, -0.2) is 0 Å². The van der Waals surface area contributed by atoms with E-state index in [1.165, 1.54) is 6.07 Å². The highest BCUT2D eigenvalue weighted by Gasteiger charge is 2.39. The van der Waals surface area contributed by atoms with Crippen LogP contribution < -0.4 is 0 Å². The van der Waals surface area contributed by atoms with Crippen LogP contribution in [0.1, 0.15) is 35.6 Å². The molecule has 1 unspecified atom stereocenters. The lowest BCUT2D eigenvalue weighted by atomic mass is 10.00. The summed E-state index contributed by atoms with van der Waals surface area (Å²) < 4.78 is 82.0. The zero-order valence-corrected chi connectivity index (χ0v) is 12.4. The van der Waals surface area contributed by atoms with Crippen molar-refractivity contribution >= 4 is 11.6 Å². The Morgan fingerprint density at radius 2 is 1.74 bits per heavy atom. The molecule has 0 fully saturated rings. The van der Waals surface area contributed by atoms with Gasteiger partial charge >= 0.3 is 12.4 Å². The van der Waals surface area contributed by atoms with Crippen LogP contribution in [-0.2, 0) is 12.4 Å². The smallest absolute Gasteiger partial charge is 0.359 e. The fourth-order valence-corrected chi connectivity index (χ4v) is 2.05. The molecule has 9 heteroatoms. The SMILES string of the molecule is CCC(Cl)c1cc(-c2ccc(C(F)(F)F)cc2C(F)(F)F)no1. The predicted molar refractivity (Wildman–Crippen MR) is 70.8 cm³/mol. The Kier molecular flexibility index (Phi) is 4.66. The molecule has 1 aromatic heterocycles. The van der Waals surface area contributed by atoms with Crippen LogP contribution in [0.4, 0.5) is 26.3 Å². The fraction of sp³-hybridized carbons (Fsp3) is 0.357. The quantitative estimate of drug-likeness (QED) is 0.492. The van der Waals surface area contributed by atoms with Gasteiger partial charge in [0.1, 0.15) is 5.69 Å². The standard InChI is InChI=1S/C14H10ClF6NO/c1-2-10(15)12-6-11(22-23-12)8-4-3-7(13(16,17)18)5-9(8)14(19,20)21/h3-6,10H,2H2,1H3. The molecule has 1 heterocycles. The summed E-state index contributed by atoms with van der Waals surface area (Å²) in [5.74, 6) is 0.150. The predicted octanol–water partition coefficient (Wildman–Crippen LogP) is 6.07. The number of halogens is 7. The molecule has 0 saturated carbocycles. The summed E-state index contributed by atoms with van der Waals surface area (Å²) in [5.41, 5.74) is -3.54. The van der Waals surface area contributed by atoms with Gasteiger partial charge in [-0.15, -0.1) is 11.6 Å². The van der Waals surface area contributed by atoms with E-state index in [-0.39, 0.29) is 17.5 Å². The lowest BCUT2D eigenvalue weighted by Crippen LogP contribution is -2.12. The van der Waals surface area contributed by atoms with E-state index in [1.807, 2.05) is 0 Å². The fourth-order valence-electron chi connectivity index (χ4n) is 1.94. The third kappa shape index (κ3) is 3.80. The maximum absolute atomic E-state index is 13.1. The molecule has 2 nitrogen and oxygen atoms in total. The molecule has 0 aliphatic rings. The number of nitrogens with zero attached hydrogens (tertiary/aromatic N) is 1. The van der Waals surface area contributed by atoms with Crippen molar-refractivity contribution in [2.45, 2.75) is 31.1 Å². The van der Waals surface area contributed by atoms with Gasteiger partial charge in [0.05, 0.1) is 16.5 Å². The van der Waals surface area contributed by atoms with Gasteiger partial charge in [0.15, 0.2) is 5.76 Å². The number of rotatable bonds is 3. The number of aromatic nitrogens is 1. The highest BCUT2D eigenvalue weighted by Crippen LogP contribution is 2.41. The Morgan fingerprint density at radius 1 is 1.09 bits per heavy atom. The van der Waals surface area contributed by atoms with Crippen molar-refractivity contribution in [1.82, 2.24) is 5.16 Å². The van der Waals surface area contributed by atoms with Gasteiger partial charge in [-0.3, -0.25) is 0 Å². The topological polar surface area (TPSA) is 26.0 Å². The van der Waals surface area contributed by atoms with E-state index < -0.39 is 34.4 Å². The Morgan fingerprint density at radius 3 is 2.26 bits per heavy atom. The van der Waals surface area contributed by atoms with Gasteiger partial charge in [0.2, 0.25) is 0 Å². The number of hydrogen-bond acceptors (Lipinski definition) is 2. The largest absolute Gasteiger partial charge is 0.417 e. The van der Waals surface area contributed by atoms with Gasteiger partial charge in [-0.05, 0) is 18.6 Å². The average Bonchev–Trinajstić information content (AvgIpc) is 2.93.